The van der Waals surface area contributed by atoms with Crippen LogP contribution in [0.25, 0.3) is 0 Å². The van der Waals surface area contributed by atoms with Crippen LogP contribution >= 0.6 is 0 Å². The Balaban J connectivity index is 3.08. The number of nitrogens with two attached hydrogens (primary N) is 2. The van der Waals surface area contributed by atoms with E-state index in [1.54, 1.807) is 26.0 Å². The van der Waals surface area contributed by atoms with Crippen LogP contribution in [0.3, 0.4) is 0 Å². The molecule has 3 nitrogen and oxygen atoms in total. The summed E-state index contributed by atoms with van der Waals surface area (Å²) in [5, 5.41) is 0. The number of nitrogen functional groups attached to an aromatic ring is 1. The second-order valence-electron chi connectivity index (χ2n) is 3.61. The maximum atomic E-state index is 11.1. The SMILES string of the molecule is CC(C)(C(N)=O)c1ccc(N)cc1. The summed E-state index contributed by atoms with van der Waals surface area (Å²) in [6.45, 7) is 3.59. The summed E-state index contributed by atoms with van der Waals surface area (Å²) in [6, 6.07) is 7.17. The number of anilines is 1. The Bertz CT molecular complexity index is 314. The quantitative estimate of drug-likeness (QED) is 0.664. The molecule has 0 unspecified atom stereocenters. The number of amides is 1. The van der Waals surface area contributed by atoms with Crippen molar-refractivity contribution >= 4 is 11.6 Å². The van der Waals surface area contributed by atoms with Crippen molar-refractivity contribution in [2.24, 2.45) is 5.73 Å². The van der Waals surface area contributed by atoms with Crippen LogP contribution in [-0.2, 0) is 10.2 Å². The molecule has 0 saturated carbocycles. The first kappa shape index (κ1) is 9.58. The molecule has 1 aromatic carbocycles. The molecule has 0 aliphatic rings. The lowest BCUT2D eigenvalue weighted by Crippen LogP contribution is -2.35. The van der Waals surface area contributed by atoms with Gasteiger partial charge in [-0.05, 0) is 31.5 Å². The zero-order valence-corrected chi connectivity index (χ0v) is 7.87. The topological polar surface area (TPSA) is 69.1 Å². The third-order valence-corrected chi connectivity index (χ3v) is 2.25. The van der Waals surface area contributed by atoms with E-state index in [4.69, 9.17) is 11.5 Å². The Morgan fingerprint density at radius 2 is 1.69 bits per heavy atom. The number of rotatable bonds is 2. The lowest BCUT2D eigenvalue weighted by molar-refractivity contribution is -0.122. The summed E-state index contributed by atoms with van der Waals surface area (Å²) in [6.07, 6.45) is 0. The first-order chi connectivity index (χ1) is 5.94. The van der Waals surface area contributed by atoms with Gasteiger partial charge in [0.1, 0.15) is 0 Å². The molecule has 0 aliphatic carbocycles. The van der Waals surface area contributed by atoms with Gasteiger partial charge < -0.3 is 11.5 Å². The molecule has 70 valence electrons. The molecule has 4 N–H and O–H groups in total. The minimum Gasteiger partial charge on any atom is -0.399 e. The van der Waals surface area contributed by atoms with Crippen LogP contribution in [0.2, 0.25) is 0 Å². The second kappa shape index (κ2) is 3.09. The van der Waals surface area contributed by atoms with E-state index in [0.29, 0.717) is 5.69 Å². The summed E-state index contributed by atoms with van der Waals surface area (Å²) in [7, 11) is 0. The van der Waals surface area contributed by atoms with Crippen molar-refractivity contribution in [1.82, 2.24) is 0 Å². The Hall–Kier alpha value is -1.51. The number of carbonyl (C=O) groups is 1. The van der Waals surface area contributed by atoms with Crippen molar-refractivity contribution in [1.29, 1.82) is 0 Å². The van der Waals surface area contributed by atoms with Crippen molar-refractivity contribution < 1.29 is 4.79 Å². The van der Waals surface area contributed by atoms with Gasteiger partial charge in [0, 0.05) is 5.69 Å². The zero-order valence-electron chi connectivity index (χ0n) is 7.87. The molecule has 0 saturated heterocycles. The van der Waals surface area contributed by atoms with E-state index < -0.39 is 5.41 Å². The van der Waals surface area contributed by atoms with E-state index in [1.165, 1.54) is 0 Å². The van der Waals surface area contributed by atoms with Gasteiger partial charge in [0.2, 0.25) is 5.91 Å². The Morgan fingerprint density at radius 3 is 2.08 bits per heavy atom. The van der Waals surface area contributed by atoms with Gasteiger partial charge >= 0.3 is 0 Å². The molecule has 0 heterocycles. The normalized spacial score (nSPS) is 11.2. The minimum absolute atomic E-state index is 0.336. The highest BCUT2D eigenvalue weighted by atomic mass is 16.1. The van der Waals surface area contributed by atoms with Gasteiger partial charge in [0.05, 0.1) is 5.41 Å². The van der Waals surface area contributed by atoms with Gasteiger partial charge in [0.15, 0.2) is 0 Å². The van der Waals surface area contributed by atoms with Crippen LogP contribution in [0.15, 0.2) is 24.3 Å². The van der Waals surface area contributed by atoms with Crippen molar-refractivity contribution in [3.8, 4) is 0 Å². The van der Waals surface area contributed by atoms with Crippen LogP contribution in [0.4, 0.5) is 5.69 Å². The average molecular weight is 178 g/mol. The van der Waals surface area contributed by atoms with Crippen molar-refractivity contribution in [2.45, 2.75) is 19.3 Å². The van der Waals surface area contributed by atoms with Gasteiger partial charge in [-0.15, -0.1) is 0 Å². The lowest BCUT2D eigenvalue weighted by atomic mass is 9.84. The van der Waals surface area contributed by atoms with Gasteiger partial charge in [-0.1, -0.05) is 12.1 Å². The molecule has 1 amide bonds. The lowest BCUT2D eigenvalue weighted by Gasteiger charge is -2.20. The van der Waals surface area contributed by atoms with Crippen LogP contribution in [0, 0.1) is 0 Å². The standard InChI is InChI=1S/C10H14N2O/c1-10(2,9(12)13)7-3-5-8(11)6-4-7/h3-6H,11H2,1-2H3,(H2,12,13). The average Bonchev–Trinajstić information content (AvgIpc) is 2.04. The summed E-state index contributed by atoms with van der Waals surface area (Å²) < 4.78 is 0. The second-order valence-corrected chi connectivity index (χ2v) is 3.61. The Kier molecular flexibility index (Phi) is 2.28. The fourth-order valence-corrected chi connectivity index (χ4v) is 1.04. The molecule has 0 spiro atoms. The molecule has 3 heteroatoms. The number of benzene rings is 1. The van der Waals surface area contributed by atoms with E-state index in [2.05, 4.69) is 0 Å². The fourth-order valence-electron chi connectivity index (χ4n) is 1.04. The summed E-state index contributed by atoms with van der Waals surface area (Å²) >= 11 is 0. The monoisotopic (exact) mass is 178 g/mol. The number of hydrogen-bond acceptors (Lipinski definition) is 2. The molecule has 13 heavy (non-hydrogen) atoms. The predicted molar refractivity (Wildman–Crippen MR) is 53.1 cm³/mol. The molecule has 0 radical (unpaired) electrons. The van der Waals surface area contributed by atoms with Gasteiger partial charge in [-0.2, -0.15) is 0 Å². The largest absolute Gasteiger partial charge is 0.399 e. The van der Waals surface area contributed by atoms with Crippen LogP contribution < -0.4 is 11.5 Å². The minimum atomic E-state index is -0.631. The predicted octanol–water partition coefficient (Wildman–Crippen LogP) is 1.03. The van der Waals surface area contributed by atoms with E-state index in [1.807, 2.05) is 12.1 Å². The molecule has 0 fully saturated rings. The third kappa shape index (κ3) is 1.80. The first-order valence-electron chi connectivity index (χ1n) is 4.10. The number of carbonyl (C=O) groups excluding carboxylic acids is 1. The highest BCUT2D eigenvalue weighted by Crippen LogP contribution is 2.23. The molecule has 0 aliphatic heterocycles. The zero-order chi connectivity index (χ0) is 10.1. The molecule has 0 aromatic heterocycles. The van der Waals surface area contributed by atoms with E-state index in [-0.39, 0.29) is 5.91 Å². The van der Waals surface area contributed by atoms with Gasteiger partial charge in [0.25, 0.3) is 0 Å². The van der Waals surface area contributed by atoms with E-state index >= 15 is 0 Å². The summed E-state index contributed by atoms with van der Waals surface area (Å²) in [5.74, 6) is -0.336. The van der Waals surface area contributed by atoms with Crippen molar-refractivity contribution in [2.75, 3.05) is 5.73 Å². The van der Waals surface area contributed by atoms with E-state index in [9.17, 15) is 4.79 Å². The van der Waals surface area contributed by atoms with Crippen molar-refractivity contribution in [3.63, 3.8) is 0 Å². The molecule has 1 aromatic rings. The molecule has 0 atom stereocenters. The molecular formula is C10H14N2O. The highest BCUT2D eigenvalue weighted by molar-refractivity contribution is 5.85. The highest BCUT2D eigenvalue weighted by Gasteiger charge is 2.26. The molecule has 0 bridgehead atoms. The summed E-state index contributed by atoms with van der Waals surface area (Å²) in [5.41, 5.74) is 11.7. The Morgan fingerprint density at radius 1 is 1.23 bits per heavy atom. The van der Waals surface area contributed by atoms with Gasteiger partial charge in [-0.25, -0.2) is 0 Å². The Labute approximate surface area is 77.7 Å². The number of hydrogen-bond donors (Lipinski definition) is 2. The maximum absolute atomic E-state index is 11.1. The molecular weight excluding hydrogens is 164 g/mol. The van der Waals surface area contributed by atoms with Crippen molar-refractivity contribution in [3.05, 3.63) is 29.8 Å². The maximum Gasteiger partial charge on any atom is 0.227 e. The smallest absolute Gasteiger partial charge is 0.227 e. The number of primary amides is 1. The fraction of sp³-hybridized carbons (Fsp3) is 0.300. The summed E-state index contributed by atoms with van der Waals surface area (Å²) in [4.78, 5) is 11.1. The first-order valence-corrected chi connectivity index (χ1v) is 4.10. The van der Waals surface area contributed by atoms with E-state index in [0.717, 1.165) is 5.56 Å². The van der Waals surface area contributed by atoms with Crippen LogP contribution in [0.1, 0.15) is 19.4 Å². The third-order valence-electron chi connectivity index (χ3n) is 2.25. The van der Waals surface area contributed by atoms with Crippen LogP contribution in [-0.4, -0.2) is 5.91 Å². The van der Waals surface area contributed by atoms with Gasteiger partial charge in [-0.3, -0.25) is 4.79 Å². The van der Waals surface area contributed by atoms with Crippen LogP contribution in [0.5, 0.6) is 0 Å². The molecule has 1 rings (SSSR count).